The van der Waals surface area contributed by atoms with Gasteiger partial charge < -0.3 is 93.6 Å². The predicted molar refractivity (Wildman–Crippen MR) is 552 cm³/mol. The van der Waals surface area contributed by atoms with Crippen LogP contribution in [0.5, 0.6) is 0 Å². The topological polar surface area (TPSA) is 458 Å². The molecule has 2 saturated heterocycles. The molecule has 2 aliphatic rings. The lowest BCUT2D eigenvalue weighted by Gasteiger charge is -2.33. The number of benzene rings is 7. The first-order valence-corrected chi connectivity index (χ1v) is 50.9. The third-order valence-corrected chi connectivity index (χ3v) is 26.4. The second-order valence-corrected chi connectivity index (χ2v) is 38.0. The van der Waals surface area contributed by atoms with Crippen LogP contribution in [0.4, 0.5) is 0 Å². The number of nitrogens with one attached hydrogen (secondary N) is 3. The Kier molecular flexibility index (Phi) is 51.9. The zero-order valence-electron chi connectivity index (χ0n) is 83.5. The highest BCUT2D eigenvalue weighted by atomic mass is 32.2. The van der Waals surface area contributed by atoms with E-state index in [0.29, 0.717) is 157 Å². The minimum absolute atomic E-state index is 0.00142. The zero-order chi connectivity index (χ0) is 103. The molecule has 772 valence electrons. The molecule has 1 unspecified atom stereocenters. The normalized spacial score (nSPS) is 13.6. The number of carbonyl (C=O) groups excluding carboxylic acids is 15. The summed E-state index contributed by atoms with van der Waals surface area (Å²) in [6, 6.07) is 64.1. The number of unbranched alkanes of at least 4 members (excludes halogenated alkanes) is 6. The van der Waals surface area contributed by atoms with Crippen LogP contribution >= 0.6 is 11.8 Å². The van der Waals surface area contributed by atoms with E-state index in [9.17, 15) is 62.3 Å². The van der Waals surface area contributed by atoms with Gasteiger partial charge in [0.25, 0.3) is 0 Å². The molecule has 0 spiro atoms. The van der Waals surface area contributed by atoms with Crippen molar-refractivity contribution in [3.05, 3.63) is 251 Å². The van der Waals surface area contributed by atoms with Crippen molar-refractivity contribution in [3.63, 3.8) is 0 Å². The van der Waals surface area contributed by atoms with Crippen molar-refractivity contribution in [1.29, 1.82) is 0 Å². The van der Waals surface area contributed by atoms with Gasteiger partial charge in [-0.3, -0.25) is 76.8 Å². The third kappa shape index (κ3) is 43.3. The van der Waals surface area contributed by atoms with E-state index in [1.165, 1.54) is 62.8 Å². The van der Waals surface area contributed by atoms with Gasteiger partial charge in [-0.15, -0.1) is 0 Å². The number of likely N-dealkylation sites (N-methyl/N-ethyl adjacent to an activating group) is 1. The highest BCUT2D eigenvalue weighted by molar-refractivity contribution is 8.00. The third-order valence-electron chi connectivity index (χ3n) is 24.8. The number of amides is 14. The lowest BCUT2D eigenvalue weighted by molar-refractivity contribution is -0.149. The molecule has 0 bridgehead atoms. The first kappa shape index (κ1) is 115. The summed E-state index contributed by atoms with van der Waals surface area (Å²) < 4.78 is 0. The summed E-state index contributed by atoms with van der Waals surface area (Å²) >= 11 is 1.93. The second kappa shape index (κ2) is 64.5. The Morgan fingerprint density at radius 1 is 0.350 bits per heavy atom. The maximum atomic E-state index is 15.2. The number of carbonyl (C=O) groups is 15. The summed E-state index contributed by atoms with van der Waals surface area (Å²) in [5.74, 6) is -4.60. The number of ketones is 1. The molecule has 35 heteroatoms. The van der Waals surface area contributed by atoms with Gasteiger partial charge in [-0.2, -0.15) is 11.8 Å². The Balaban J connectivity index is 0.000000433. The molecule has 0 aliphatic carbocycles. The van der Waals surface area contributed by atoms with E-state index >= 15 is 9.59 Å². The molecule has 4 atom stereocenters. The molecule has 9 rings (SSSR count). The maximum Gasteiger partial charge on any atom is 0.242 e. The predicted octanol–water partition coefficient (Wildman–Crippen LogP) is 6.59. The van der Waals surface area contributed by atoms with Gasteiger partial charge in [-0.25, -0.2) is 0 Å². The standard InChI is InChI=1S/C72H99N13O10.C36H50N6O5S/c1-58(86)44-77(40-22-18-36-73)66(89)54-82(46-61-28-10-4-11-29-61)70(93)51-79(42-24-20-38-75)68(91)56-84(48-63-32-14-6-15-33-63)72(95)57-85(49-64-34-16-7-17-35-64)71(94)52-80(43-25-21-39-76)67(90)55-83(47-62-30-12-5-13-31-62)69(92)50-78(41-23-19-37-74)65(88)53-81(59(2)87)45-60-26-8-3-9-27-60;1-41(21-26-12-4-2-5-13-26)24-34(46)42(22-27-14-6-3-7-15-27)23-33(45)39-29(36(37)47)16-10-11-19-38-31(43)18-9-8-17-30-35-28(25-48-30)20-32(44)40-35/h3-17,26-35H,18-25,36-57,73-76H2,1-2H3;2-7,12-15,28-30,35H,8-11,16-25H2,1H3,(H2,37,47)(H,38,43)(H,39,45)(H,40,44)/t;28-,29-,30?,35-/m.0/s1. The van der Waals surface area contributed by atoms with E-state index in [4.69, 9.17) is 28.7 Å². The maximum absolute atomic E-state index is 15.2. The largest absolute Gasteiger partial charge is 0.368 e. The van der Waals surface area contributed by atoms with Crippen LogP contribution in [-0.2, 0) is 118 Å². The first-order chi connectivity index (χ1) is 69.1. The second-order valence-electron chi connectivity index (χ2n) is 36.7. The van der Waals surface area contributed by atoms with E-state index in [2.05, 4.69) is 16.0 Å². The minimum atomic E-state index is -0.875. The highest BCUT2D eigenvalue weighted by Crippen LogP contribution is 2.39. The minimum Gasteiger partial charge on any atom is -0.368 e. The molecule has 14 amide bonds. The number of nitrogens with zero attached hydrogens (tertiary/aromatic N) is 11. The lowest BCUT2D eigenvalue weighted by atomic mass is 9.97. The van der Waals surface area contributed by atoms with Gasteiger partial charge >= 0.3 is 0 Å². The lowest BCUT2D eigenvalue weighted by Crippen LogP contribution is -2.52. The molecule has 143 heavy (non-hydrogen) atoms. The van der Waals surface area contributed by atoms with Crippen molar-refractivity contribution < 1.29 is 71.9 Å². The first-order valence-electron chi connectivity index (χ1n) is 49.9. The van der Waals surface area contributed by atoms with Crippen LogP contribution in [0.3, 0.4) is 0 Å². The van der Waals surface area contributed by atoms with Gasteiger partial charge in [0.1, 0.15) is 44.5 Å². The van der Waals surface area contributed by atoms with Crippen LogP contribution < -0.4 is 44.6 Å². The summed E-state index contributed by atoms with van der Waals surface area (Å²) in [6.45, 7) is 2.15. The van der Waals surface area contributed by atoms with Crippen LogP contribution in [-0.4, -0.2) is 303 Å². The van der Waals surface area contributed by atoms with Gasteiger partial charge in [-0.05, 0) is 174 Å². The van der Waals surface area contributed by atoms with E-state index in [1.807, 2.05) is 175 Å². The fourth-order valence-electron chi connectivity index (χ4n) is 16.9. The molecule has 0 aromatic heterocycles. The highest BCUT2D eigenvalue weighted by Gasteiger charge is 2.43. The number of nitrogens with two attached hydrogens (primary N) is 5. The van der Waals surface area contributed by atoms with Crippen molar-refractivity contribution in [2.45, 2.75) is 180 Å². The Morgan fingerprint density at radius 3 is 0.979 bits per heavy atom. The van der Waals surface area contributed by atoms with E-state index in [1.54, 1.807) is 60.7 Å². The number of Topliss-reactive ketones (excluding diaryl/α,β-unsaturated/α-hetero) is 1. The molecule has 2 fully saturated rings. The molecular weight excluding hydrogens is 1840 g/mol. The van der Waals surface area contributed by atoms with Crippen LogP contribution in [0.25, 0.3) is 0 Å². The van der Waals surface area contributed by atoms with Crippen LogP contribution in [0, 0.1) is 5.92 Å². The van der Waals surface area contributed by atoms with E-state index in [-0.39, 0.29) is 128 Å². The Bertz CT molecular complexity index is 5110. The van der Waals surface area contributed by atoms with Gasteiger partial charge in [0.15, 0.2) is 0 Å². The number of fused-ring (bicyclic) bond motifs is 1. The van der Waals surface area contributed by atoms with Crippen molar-refractivity contribution in [2.75, 3.05) is 144 Å². The average Bonchev–Trinajstić information content (AvgIpc) is 1.66. The Morgan fingerprint density at radius 2 is 0.650 bits per heavy atom. The van der Waals surface area contributed by atoms with Crippen molar-refractivity contribution in [1.82, 2.24) is 69.8 Å². The quantitative estimate of drug-likeness (QED) is 0.0186. The van der Waals surface area contributed by atoms with Crippen molar-refractivity contribution in [3.8, 4) is 0 Å². The zero-order valence-corrected chi connectivity index (χ0v) is 84.3. The smallest absolute Gasteiger partial charge is 0.242 e. The summed E-state index contributed by atoms with van der Waals surface area (Å²) in [5, 5.41) is 9.21. The fraction of sp³-hybridized carbons (Fsp3) is 0.472. The van der Waals surface area contributed by atoms with Crippen molar-refractivity contribution >= 4 is 100 Å². The van der Waals surface area contributed by atoms with E-state index < -0.39 is 104 Å². The Hall–Kier alpha value is -13.1. The van der Waals surface area contributed by atoms with Gasteiger partial charge in [0.2, 0.25) is 82.7 Å². The summed E-state index contributed by atoms with van der Waals surface area (Å²) in [6.07, 6.45) is 9.43. The number of primary amides is 1. The fourth-order valence-corrected chi connectivity index (χ4v) is 18.5. The van der Waals surface area contributed by atoms with Gasteiger partial charge in [0.05, 0.1) is 39.3 Å². The molecule has 34 nitrogen and oxygen atoms in total. The number of thioether (sulfide) groups is 1. The summed E-state index contributed by atoms with van der Waals surface area (Å²) in [4.78, 5) is 222. The average molecular weight is 1990 g/mol. The molecular formula is C108H149N19O15S. The Labute approximate surface area is 846 Å². The molecule has 13 N–H and O–H groups in total. The number of rotatable bonds is 64. The molecule has 7 aromatic rings. The van der Waals surface area contributed by atoms with Crippen LogP contribution in [0.15, 0.2) is 212 Å². The molecule has 7 aromatic carbocycles. The monoisotopic (exact) mass is 1980 g/mol. The van der Waals surface area contributed by atoms with Crippen molar-refractivity contribution in [2.24, 2.45) is 34.6 Å². The van der Waals surface area contributed by atoms with Crippen LogP contribution in [0.1, 0.15) is 156 Å². The number of hydrogen-bond acceptors (Lipinski definition) is 21. The molecule has 2 heterocycles. The molecule has 0 radical (unpaired) electrons. The SMILES string of the molecule is CC(=O)CN(CCCCN)C(=O)CN(Cc1ccccc1)C(=O)CN(CCCCN)C(=O)CN(Cc1ccccc1)C(=O)CN(Cc1ccccc1)C(=O)CN(CCCCN)C(=O)CN(Cc1ccccc1)C(=O)CN(CCCCN)C(=O)CN(Cc1ccccc1)C(C)=O.CN(CC(=O)N(CC(=O)N[C@@H](CCCCNC(=O)CCCCC1SC[C@@H]2CC(=O)N[C@H]12)C(N)=O)Cc1ccccc1)Cc1ccccc1. The molecule has 0 saturated carbocycles. The molecule has 2 aliphatic heterocycles. The number of hydrogen-bond donors (Lipinski definition) is 8. The summed E-state index contributed by atoms with van der Waals surface area (Å²) in [7, 11) is 1.86. The van der Waals surface area contributed by atoms with E-state index in [0.717, 1.165) is 47.3 Å². The van der Waals surface area contributed by atoms with Crippen LogP contribution in [0.2, 0.25) is 0 Å². The van der Waals surface area contributed by atoms with Gasteiger partial charge in [-0.1, -0.05) is 219 Å². The summed E-state index contributed by atoms with van der Waals surface area (Å²) in [5.41, 5.74) is 34.7. The van der Waals surface area contributed by atoms with Gasteiger partial charge in [0, 0.05) is 110 Å².